The number of nitrogens with zero attached hydrogens (tertiary/aromatic N) is 3. The summed E-state index contributed by atoms with van der Waals surface area (Å²) in [6.45, 7) is 0. The highest BCUT2D eigenvalue weighted by Gasteiger charge is 2.21. The number of furan rings is 1. The maximum atomic E-state index is 6.38. The van der Waals surface area contributed by atoms with Gasteiger partial charge in [0.2, 0.25) is 0 Å². The van der Waals surface area contributed by atoms with Crippen LogP contribution in [0.3, 0.4) is 0 Å². The van der Waals surface area contributed by atoms with Crippen molar-refractivity contribution in [3.8, 4) is 22.6 Å². The molecule has 0 aliphatic heterocycles. The minimum Gasteiger partial charge on any atom is -0.456 e. The summed E-state index contributed by atoms with van der Waals surface area (Å²) in [6, 6.07) is 63.0. The van der Waals surface area contributed by atoms with Gasteiger partial charge >= 0.3 is 0 Å². The smallest absolute Gasteiger partial charge is 0.136 e. The lowest BCUT2D eigenvalue weighted by molar-refractivity contribution is 0.669. The Morgan fingerprint density at radius 3 is 1.62 bits per heavy atom. The van der Waals surface area contributed by atoms with E-state index in [0.717, 1.165) is 60.9 Å². The molecule has 0 radical (unpaired) electrons. The Balaban J connectivity index is 1.13. The molecule has 12 aromatic rings. The molecule has 12 rings (SSSR count). The molecule has 8 aromatic carbocycles. The molecule has 0 saturated carbocycles. The van der Waals surface area contributed by atoms with Crippen molar-refractivity contribution < 1.29 is 4.42 Å². The summed E-state index contributed by atoms with van der Waals surface area (Å²) in [5.74, 6) is 0. The van der Waals surface area contributed by atoms with E-state index in [1.54, 1.807) is 0 Å². The van der Waals surface area contributed by atoms with E-state index in [0.29, 0.717) is 0 Å². The van der Waals surface area contributed by atoms with Crippen LogP contribution in [0.4, 0.5) is 0 Å². The Morgan fingerprint density at radius 2 is 0.925 bits per heavy atom. The van der Waals surface area contributed by atoms with Crippen LogP contribution in [0.5, 0.6) is 0 Å². The summed E-state index contributed by atoms with van der Waals surface area (Å²) in [6.07, 6.45) is 0. The Bertz CT molecular complexity index is 3440. The number of para-hydroxylation sites is 5. The van der Waals surface area contributed by atoms with Crippen molar-refractivity contribution in [2.45, 2.75) is 0 Å². The topological polar surface area (TPSA) is 35.9 Å². The van der Waals surface area contributed by atoms with E-state index in [1.807, 2.05) is 12.1 Å². The maximum Gasteiger partial charge on any atom is 0.136 e. The Morgan fingerprint density at radius 1 is 0.358 bits per heavy atom. The Labute approximate surface area is 303 Å². The van der Waals surface area contributed by atoms with Gasteiger partial charge in [-0.3, -0.25) is 0 Å². The lowest BCUT2D eigenvalue weighted by Crippen LogP contribution is -1.98. The zero-order valence-corrected chi connectivity index (χ0v) is 28.5. The van der Waals surface area contributed by atoms with Crippen molar-refractivity contribution in [3.05, 3.63) is 176 Å². The van der Waals surface area contributed by atoms with Crippen LogP contribution in [0.25, 0.3) is 110 Å². The lowest BCUT2D eigenvalue weighted by Gasteiger charge is -2.14. The van der Waals surface area contributed by atoms with Crippen molar-refractivity contribution in [3.63, 3.8) is 0 Å². The second kappa shape index (κ2) is 10.7. The average Bonchev–Trinajstić information content (AvgIpc) is 3.88. The highest BCUT2D eigenvalue weighted by Crippen LogP contribution is 2.43. The summed E-state index contributed by atoms with van der Waals surface area (Å²) < 4.78 is 11.3. The first-order valence-corrected chi connectivity index (χ1v) is 18.1. The molecule has 0 atom stereocenters. The van der Waals surface area contributed by atoms with E-state index in [1.165, 1.54) is 49.0 Å². The van der Waals surface area contributed by atoms with Gasteiger partial charge in [-0.2, -0.15) is 0 Å². The third-order valence-corrected chi connectivity index (χ3v) is 11.1. The SMILES string of the molecule is c1ccc(-n2c3ccccc3c3ccc4c5ccccc5n(-c5ccc(-c6nc7ccccc7c7cc8c(cc67)oc6ccccc68)cc5)c4c32)cc1. The summed E-state index contributed by atoms with van der Waals surface area (Å²) in [5.41, 5.74) is 11.8. The van der Waals surface area contributed by atoms with Gasteiger partial charge in [-0.05, 0) is 66.0 Å². The van der Waals surface area contributed by atoms with Crippen LogP contribution in [-0.4, -0.2) is 14.1 Å². The van der Waals surface area contributed by atoms with E-state index in [-0.39, 0.29) is 0 Å². The quantitative estimate of drug-likeness (QED) is 0.175. The van der Waals surface area contributed by atoms with E-state index < -0.39 is 0 Å². The normalized spacial score (nSPS) is 12.2. The van der Waals surface area contributed by atoms with Crippen molar-refractivity contribution >= 4 is 87.2 Å². The molecule has 0 saturated heterocycles. The van der Waals surface area contributed by atoms with Crippen molar-refractivity contribution in [2.24, 2.45) is 0 Å². The van der Waals surface area contributed by atoms with E-state index >= 15 is 0 Å². The van der Waals surface area contributed by atoms with Gasteiger partial charge < -0.3 is 13.6 Å². The molecule has 53 heavy (non-hydrogen) atoms. The monoisotopic (exact) mass is 675 g/mol. The number of benzene rings is 8. The maximum absolute atomic E-state index is 6.38. The number of hydrogen-bond acceptors (Lipinski definition) is 2. The molecule has 0 unspecified atom stereocenters. The summed E-state index contributed by atoms with van der Waals surface area (Å²) in [4.78, 5) is 5.29. The standard InChI is InChI=1S/C49H29N3O/c1-2-12-31(13-3-1)51-43-19-9-5-15-34(43)37-26-27-38-35-16-6-10-20-44(35)52(49(38)48(37)51)32-24-22-30(23-25-32)47-41-29-46-40(36-17-7-11-21-45(36)53-46)28-39(41)33-14-4-8-18-42(33)50-47/h1-29H. The Hall–Kier alpha value is -7.17. The fourth-order valence-corrected chi connectivity index (χ4v) is 8.77. The number of hydrogen-bond donors (Lipinski definition) is 0. The fraction of sp³-hybridized carbons (Fsp3) is 0. The van der Waals surface area contributed by atoms with Crippen LogP contribution in [0.1, 0.15) is 0 Å². The van der Waals surface area contributed by atoms with Crippen LogP contribution in [-0.2, 0) is 0 Å². The first-order valence-electron chi connectivity index (χ1n) is 18.1. The van der Waals surface area contributed by atoms with Gasteiger partial charge in [0.05, 0.1) is 33.3 Å². The number of aromatic nitrogens is 3. The lowest BCUT2D eigenvalue weighted by atomic mass is 9.98. The van der Waals surface area contributed by atoms with Crippen LogP contribution < -0.4 is 0 Å². The van der Waals surface area contributed by atoms with Gasteiger partial charge in [0, 0.05) is 60.0 Å². The van der Waals surface area contributed by atoms with Crippen LogP contribution in [0, 0.1) is 0 Å². The molecule has 246 valence electrons. The summed E-state index contributed by atoms with van der Waals surface area (Å²) in [7, 11) is 0. The molecule has 4 nitrogen and oxygen atoms in total. The average molecular weight is 676 g/mol. The molecule has 0 bridgehead atoms. The van der Waals surface area contributed by atoms with Gasteiger partial charge in [-0.25, -0.2) is 4.98 Å². The molecule has 4 heterocycles. The van der Waals surface area contributed by atoms with Gasteiger partial charge in [-0.1, -0.05) is 115 Å². The zero-order valence-electron chi connectivity index (χ0n) is 28.5. The van der Waals surface area contributed by atoms with Crippen LogP contribution in [0.15, 0.2) is 180 Å². The molecular formula is C49H29N3O. The number of rotatable bonds is 3. The van der Waals surface area contributed by atoms with E-state index in [9.17, 15) is 0 Å². The third kappa shape index (κ3) is 3.98. The third-order valence-electron chi connectivity index (χ3n) is 11.1. The molecule has 4 heteroatoms. The molecule has 0 aliphatic carbocycles. The van der Waals surface area contributed by atoms with E-state index in [2.05, 4.69) is 173 Å². The molecule has 0 aliphatic rings. The Kier molecular flexibility index (Phi) is 5.74. The molecule has 0 spiro atoms. The predicted molar refractivity (Wildman–Crippen MR) is 221 cm³/mol. The molecule has 0 N–H and O–H groups in total. The molecule has 4 aromatic heterocycles. The van der Waals surface area contributed by atoms with Crippen molar-refractivity contribution in [2.75, 3.05) is 0 Å². The van der Waals surface area contributed by atoms with Gasteiger partial charge in [0.15, 0.2) is 0 Å². The number of fused-ring (bicyclic) bond motifs is 13. The first kappa shape index (κ1) is 28.5. The minimum atomic E-state index is 0.872. The second-order valence-corrected chi connectivity index (χ2v) is 13.9. The highest BCUT2D eigenvalue weighted by molar-refractivity contribution is 6.24. The first-order chi connectivity index (χ1) is 26.3. The second-order valence-electron chi connectivity index (χ2n) is 13.9. The molecule has 0 amide bonds. The molecule has 0 fully saturated rings. The van der Waals surface area contributed by atoms with Crippen molar-refractivity contribution in [1.82, 2.24) is 14.1 Å². The molecular weight excluding hydrogens is 647 g/mol. The highest BCUT2D eigenvalue weighted by atomic mass is 16.3. The number of pyridine rings is 1. The van der Waals surface area contributed by atoms with Gasteiger partial charge in [-0.15, -0.1) is 0 Å². The predicted octanol–water partition coefficient (Wildman–Crippen LogP) is 13.1. The minimum absolute atomic E-state index is 0.872. The van der Waals surface area contributed by atoms with Gasteiger partial charge in [0.25, 0.3) is 0 Å². The largest absolute Gasteiger partial charge is 0.456 e. The van der Waals surface area contributed by atoms with E-state index in [4.69, 9.17) is 9.40 Å². The summed E-state index contributed by atoms with van der Waals surface area (Å²) >= 11 is 0. The van der Waals surface area contributed by atoms with Gasteiger partial charge in [0.1, 0.15) is 11.2 Å². The zero-order chi connectivity index (χ0) is 34.6. The summed E-state index contributed by atoms with van der Waals surface area (Å²) in [5, 5.41) is 10.6. The van der Waals surface area contributed by atoms with Crippen molar-refractivity contribution in [1.29, 1.82) is 0 Å². The van der Waals surface area contributed by atoms with Crippen LogP contribution in [0.2, 0.25) is 0 Å². The fourth-order valence-electron chi connectivity index (χ4n) is 8.77. The van der Waals surface area contributed by atoms with Crippen LogP contribution >= 0.6 is 0 Å².